The van der Waals surface area contributed by atoms with Gasteiger partial charge in [0, 0.05) is 18.7 Å². The fraction of sp³-hybridized carbons (Fsp3) is 0.615. The Labute approximate surface area is 117 Å². The van der Waals surface area contributed by atoms with Crippen LogP contribution in [0.15, 0.2) is 12.4 Å². The maximum atomic E-state index is 11.8. The number of hydrogen-bond acceptors (Lipinski definition) is 4. The molecule has 1 aliphatic heterocycles. The summed E-state index contributed by atoms with van der Waals surface area (Å²) in [5, 5.41) is 10.1. The summed E-state index contributed by atoms with van der Waals surface area (Å²) in [4.78, 5) is 22.6. The maximum Gasteiger partial charge on any atom is 0.239 e. The molecule has 1 aromatic heterocycles. The molecule has 2 amide bonds. The van der Waals surface area contributed by atoms with Crippen molar-refractivity contribution < 1.29 is 9.59 Å². The molecule has 7 nitrogen and oxygen atoms in total. The molecule has 1 aliphatic rings. The molecule has 2 rings (SSSR count). The Bertz CT molecular complexity index is 465. The summed E-state index contributed by atoms with van der Waals surface area (Å²) in [6.45, 7) is 1.06. The van der Waals surface area contributed by atoms with Crippen LogP contribution in [0, 0.1) is 0 Å². The number of rotatable bonds is 6. The van der Waals surface area contributed by atoms with Gasteiger partial charge in [-0.25, -0.2) is 0 Å². The van der Waals surface area contributed by atoms with Crippen molar-refractivity contribution in [1.82, 2.24) is 15.1 Å². The van der Waals surface area contributed by atoms with E-state index in [1.54, 1.807) is 6.20 Å². The van der Waals surface area contributed by atoms with Crippen molar-refractivity contribution in [3.05, 3.63) is 12.4 Å². The monoisotopic (exact) mass is 279 g/mol. The predicted molar refractivity (Wildman–Crippen MR) is 74.9 cm³/mol. The number of aromatic nitrogens is 2. The molecular weight excluding hydrogens is 258 g/mol. The molecule has 1 saturated heterocycles. The second-order valence-electron chi connectivity index (χ2n) is 5.13. The molecule has 0 aliphatic carbocycles. The summed E-state index contributed by atoms with van der Waals surface area (Å²) in [6.07, 6.45) is 8.05. The van der Waals surface area contributed by atoms with E-state index < -0.39 is 5.91 Å². The first-order chi connectivity index (χ1) is 9.63. The average molecular weight is 279 g/mol. The molecule has 1 atom stereocenters. The van der Waals surface area contributed by atoms with Gasteiger partial charge >= 0.3 is 0 Å². The van der Waals surface area contributed by atoms with Crippen molar-refractivity contribution in [2.75, 3.05) is 11.9 Å². The van der Waals surface area contributed by atoms with E-state index in [1.807, 2.05) is 0 Å². The lowest BCUT2D eigenvalue weighted by atomic mass is 10.0. The number of piperidine rings is 1. The van der Waals surface area contributed by atoms with Gasteiger partial charge in [-0.2, -0.15) is 5.10 Å². The van der Waals surface area contributed by atoms with Gasteiger partial charge in [0.25, 0.3) is 0 Å². The van der Waals surface area contributed by atoms with Gasteiger partial charge in [-0.15, -0.1) is 0 Å². The second-order valence-corrected chi connectivity index (χ2v) is 5.13. The van der Waals surface area contributed by atoms with E-state index in [2.05, 4.69) is 15.7 Å². The molecule has 7 heteroatoms. The fourth-order valence-corrected chi connectivity index (χ4v) is 2.37. The first-order valence-corrected chi connectivity index (χ1v) is 6.97. The SMILES string of the molecule is NC(=O)Cn1cc(NC(=O)CCC2CCCCN2)cn1. The lowest BCUT2D eigenvalue weighted by Gasteiger charge is -2.22. The van der Waals surface area contributed by atoms with Gasteiger partial charge in [0.2, 0.25) is 11.8 Å². The standard InChI is InChI=1S/C13H21N5O2/c14-12(19)9-18-8-11(7-16-18)17-13(20)5-4-10-3-1-2-6-15-10/h7-8,10,15H,1-6,9H2,(H2,14,19)(H,17,20). The summed E-state index contributed by atoms with van der Waals surface area (Å²) in [5.74, 6) is -0.495. The number of primary amides is 1. The number of nitrogens with two attached hydrogens (primary N) is 1. The summed E-state index contributed by atoms with van der Waals surface area (Å²) in [7, 11) is 0. The smallest absolute Gasteiger partial charge is 0.239 e. The molecule has 0 radical (unpaired) electrons. The Hall–Kier alpha value is -1.89. The van der Waals surface area contributed by atoms with Gasteiger partial charge in [0.05, 0.1) is 11.9 Å². The van der Waals surface area contributed by atoms with Gasteiger partial charge in [0.1, 0.15) is 6.54 Å². The molecule has 20 heavy (non-hydrogen) atoms. The number of nitrogens with one attached hydrogen (secondary N) is 2. The molecule has 0 spiro atoms. The molecule has 110 valence electrons. The molecular formula is C13H21N5O2. The third-order valence-corrected chi connectivity index (χ3v) is 3.37. The summed E-state index contributed by atoms with van der Waals surface area (Å²) in [6, 6.07) is 0.451. The Kier molecular flexibility index (Phi) is 5.11. The maximum absolute atomic E-state index is 11.8. The van der Waals surface area contributed by atoms with Crippen LogP contribution in [0.25, 0.3) is 0 Å². The normalized spacial score (nSPS) is 18.7. The largest absolute Gasteiger partial charge is 0.368 e. The van der Waals surface area contributed by atoms with Crippen LogP contribution in [0.1, 0.15) is 32.1 Å². The van der Waals surface area contributed by atoms with Crippen LogP contribution in [-0.4, -0.2) is 34.2 Å². The van der Waals surface area contributed by atoms with E-state index in [4.69, 9.17) is 5.73 Å². The van der Waals surface area contributed by atoms with Crippen molar-refractivity contribution in [3.63, 3.8) is 0 Å². The Morgan fingerprint density at radius 3 is 3.05 bits per heavy atom. The third kappa shape index (κ3) is 4.65. The van der Waals surface area contributed by atoms with Crippen LogP contribution in [0.4, 0.5) is 5.69 Å². The molecule has 0 bridgehead atoms. The van der Waals surface area contributed by atoms with E-state index in [0.29, 0.717) is 18.2 Å². The highest BCUT2D eigenvalue weighted by Crippen LogP contribution is 2.13. The summed E-state index contributed by atoms with van der Waals surface area (Å²) < 4.78 is 1.40. The summed E-state index contributed by atoms with van der Waals surface area (Å²) in [5.41, 5.74) is 5.66. The van der Waals surface area contributed by atoms with Crippen molar-refractivity contribution in [1.29, 1.82) is 0 Å². The lowest BCUT2D eigenvalue weighted by Crippen LogP contribution is -2.34. The van der Waals surface area contributed by atoms with Crippen LogP contribution < -0.4 is 16.4 Å². The Balaban J connectivity index is 1.73. The van der Waals surface area contributed by atoms with E-state index >= 15 is 0 Å². The van der Waals surface area contributed by atoms with E-state index in [9.17, 15) is 9.59 Å². The highest BCUT2D eigenvalue weighted by Gasteiger charge is 2.14. The third-order valence-electron chi connectivity index (χ3n) is 3.37. The summed E-state index contributed by atoms with van der Waals surface area (Å²) >= 11 is 0. The van der Waals surface area contributed by atoms with Gasteiger partial charge < -0.3 is 16.4 Å². The number of carbonyl (C=O) groups excluding carboxylic acids is 2. The number of nitrogens with zero attached hydrogens (tertiary/aromatic N) is 2. The Morgan fingerprint density at radius 2 is 2.35 bits per heavy atom. The van der Waals surface area contributed by atoms with Crippen LogP contribution >= 0.6 is 0 Å². The first-order valence-electron chi connectivity index (χ1n) is 6.97. The highest BCUT2D eigenvalue weighted by molar-refractivity contribution is 5.90. The van der Waals surface area contributed by atoms with Crippen LogP contribution in [-0.2, 0) is 16.1 Å². The molecule has 1 aromatic rings. The van der Waals surface area contributed by atoms with Gasteiger partial charge in [0.15, 0.2) is 0 Å². The molecule has 0 aromatic carbocycles. The van der Waals surface area contributed by atoms with Crippen LogP contribution in [0.2, 0.25) is 0 Å². The van der Waals surface area contributed by atoms with Gasteiger partial charge in [-0.3, -0.25) is 14.3 Å². The molecule has 1 fully saturated rings. The zero-order chi connectivity index (χ0) is 14.4. The van der Waals surface area contributed by atoms with Crippen LogP contribution in [0.5, 0.6) is 0 Å². The molecule has 1 unspecified atom stereocenters. The number of carbonyl (C=O) groups is 2. The lowest BCUT2D eigenvalue weighted by molar-refractivity contribution is -0.118. The van der Waals surface area contributed by atoms with Crippen LogP contribution in [0.3, 0.4) is 0 Å². The number of hydrogen-bond donors (Lipinski definition) is 3. The second kappa shape index (κ2) is 7.04. The zero-order valence-corrected chi connectivity index (χ0v) is 11.5. The quantitative estimate of drug-likeness (QED) is 0.693. The van der Waals surface area contributed by atoms with Crippen molar-refractivity contribution in [2.24, 2.45) is 5.73 Å². The van der Waals surface area contributed by atoms with Gasteiger partial charge in [-0.05, 0) is 25.8 Å². The van der Waals surface area contributed by atoms with E-state index in [0.717, 1.165) is 19.4 Å². The van der Waals surface area contributed by atoms with Crippen molar-refractivity contribution >= 4 is 17.5 Å². The van der Waals surface area contributed by atoms with Crippen molar-refractivity contribution in [2.45, 2.75) is 44.7 Å². The molecule has 4 N–H and O–H groups in total. The Morgan fingerprint density at radius 1 is 1.50 bits per heavy atom. The number of amides is 2. The van der Waals surface area contributed by atoms with E-state index in [1.165, 1.54) is 23.7 Å². The zero-order valence-electron chi connectivity index (χ0n) is 11.5. The number of anilines is 1. The predicted octanol–water partition coefficient (Wildman–Crippen LogP) is 0.229. The first kappa shape index (κ1) is 14.5. The minimum Gasteiger partial charge on any atom is -0.368 e. The molecule has 0 saturated carbocycles. The average Bonchev–Trinajstić information content (AvgIpc) is 2.84. The molecule has 2 heterocycles. The van der Waals surface area contributed by atoms with Crippen molar-refractivity contribution in [3.8, 4) is 0 Å². The minimum atomic E-state index is -0.464. The highest BCUT2D eigenvalue weighted by atomic mass is 16.2. The van der Waals surface area contributed by atoms with E-state index in [-0.39, 0.29) is 12.5 Å². The minimum absolute atomic E-state index is 0.0157. The van der Waals surface area contributed by atoms with Gasteiger partial charge in [-0.1, -0.05) is 6.42 Å². The fourth-order valence-electron chi connectivity index (χ4n) is 2.37. The topological polar surface area (TPSA) is 102 Å².